The Balaban J connectivity index is 1.62. The van der Waals surface area contributed by atoms with Crippen molar-refractivity contribution in [3.05, 3.63) is 40.8 Å². The van der Waals surface area contributed by atoms with Gasteiger partial charge in [-0.15, -0.1) is 0 Å². The molecular weight excluding hydrogens is 342 g/mol. The van der Waals surface area contributed by atoms with E-state index in [1.54, 1.807) is 12.1 Å². The van der Waals surface area contributed by atoms with E-state index in [4.69, 9.17) is 4.74 Å². The Hall–Kier alpha value is -2.16. The van der Waals surface area contributed by atoms with E-state index in [2.05, 4.69) is 5.32 Å². The van der Waals surface area contributed by atoms with Crippen molar-refractivity contribution in [3.63, 3.8) is 0 Å². The van der Waals surface area contributed by atoms with E-state index in [1.807, 2.05) is 24.0 Å². The van der Waals surface area contributed by atoms with Crippen LogP contribution in [0, 0.1) is 6.92 Å². The third kappa shape index (κ3) is 4.47. The molecule has 2 aliphatic rings. The van der Waals surface area contributed by atoms with Gasteiger partial charge in [0, 0.05) is 24.9 Å². The molecule has 7 nitrogen and oxygen atoms in total. The first-order valence-electron chi connectivity index (χ1n) is 7.96. The van der Waals surface area contributed by atoms with Crippen molar-refractivity contribution >= 4 is 34.5 Å². The summed E-state index contributed by atoms with van der Waals surface area (Å²) in [6, 6.07) is 7.33. The molecule has 8 heteroatoms. The zero-order valence-electron chi connectivity index (χ0n) is 13.9. The highest BCUT2D eigenvalue weighted by Crippen LogP contribution is 2.30. The average molecular weight is 361 g/mol. The average Bonchev–Trinajstić information content (AvgIpc) is 2.85. The van der Waals surface area contributed by atoms with E-state index in [0.717, 1.165) is 17.3 Å². The summed E-state index contributed by atoms with van der Waals surface area (Å²) in [5, 5.41) is 2.33. The van der Waals surface area contributed by atoms with Gasteiger partial charge in [0.1, 0.15) is 0 Å². The van der Waals surface area contributed by atoms with Gasteiger partial charge in [-0.05, 0) is 30.8 Å². The fraction of sp³-hybridized carbons (Fsp3) is 0.353. The molecular formula is C17H19N3O4S. The summed E-state index contributed by atoms with van der Waals surface area (Å²) in [7, 11) is 0. The molecule has 2 heterocycles. The lowest BCUT2D eigenvalue weighted by Crippen LogP contribution is -2.45. The number of nitrogens with zero attached hydrogens (tertiary/aromatic N) is 2. The summed E-state index contributed by atoms with van der Waals surface area (Å²) < 4.78 is 5.26. The predicted octanol–water partition coefficient (Wildman–Crippen LogP) is 1.80. The van der Waals surface area contributed by atoms with E-state index < -0.39 is 11.8 Å². The second kappa shape index (κ2) is 7.81. The minimum Gasteiger partial charge on any atom is -0.379 e. The predicted molar refractivity (Wildman–Crippen MR) is 95.0 cm³/mol. The van der Waals surface area contributed by atoms with Crippen LogP contribution < -0.4 is 5.32 Å². The van der Waals surface area contributed by atoms with Gasteiger partial charge in [0.25, 0.3) is 11.1 Å². The second-order valence-corrected chi connectivity index (χ2v) is 6.83. The van der Waals surface area contributed by atoms with Gasteiger partial charge in [0.05, 0.1) is 24.8 Å². The first-order chi connectivity index (χ1) is 12.0. The lowest BCUT2D eigenvalue weighted by atomic mass is 10.2. The number of benzene rings is 1. The number of anilines is 1. The number of thioether (sulfide) groups is 1. The van der Waals surface area contributed by atoms with Gasteiger partial charge in [0.15, 0.2) is 0 Å². The zero-order chi connectivity index (χ0) is 17.8. The summed E-state index contributed by atoms with van der Waals surface area (Å²) in [4.78, 5) is 39.9. The fourth-order valence-corrected chi connectivity index (χ4v) is 3.30. The molecule has 0 aromatic heterocycles. The highest BCUT2D eigenvalue weighted by atomic mass is 32.2. The van der Waals surface area contributed by atoms with E-state index in [-0.39, 0.29) is 16.8 Å². The summed E-state index contributed by atoms with van der Waals surface area (Å²) in [6.07, 6.45) is 1.18. The highest BCUT2D eigenvalue weighted by molar-refractivity contribution is 8.18. The van der Waals surface area contributed by atoms with Crippen molar-refractivity contribution in [1.82, 2.24) is 9.80 Å². The van der Waals surface area contributed by atoms with Crippen LogP contribution in [-0.2, 0) is 14.3 Å². The zero-order valence-corrected chi connectivity index (χ0v) is 14.7. The third-order valence-electron chi connectivity index (χ3n) is 3.90. The number of nitrogens with one attached hydrogen (secondary N) is 1. The lowest BCUT2D eigenvalue weighted by Gasteiger charge is -2.29. The molecule has 2 saturated heterocycles. The van der Waals surface area contributed by atoms with Crippen molar-refractivity contribution in [2.75, 3.05) is 38.3 Å². The van der Waals surface area contributed by atoms with Gasteiger partial charge in [-0.25, -0.2) is 0 Å². The Kier molecular flexibility index (Phi) is 5.52. The number of carbonyl (C=O) groups excluding carboxylic acids is 3. The molecule has 1 aromatic rings. The number of amides is 3. The Morgan fingerprint density at radius 1 is 1.24 bits per heavy atom. The number of aryl methyl sites for hydroxylation is 1. The van der Waals surface area contributed by atoms with Crippen LogP contribution in [0.1, 0.15) is 5.56 Å². The van der Waals surface area contributed by atoms with Gasteiger partial charge >= 0.3 is 0 Å². The molecule has 132 valence electrons. The van der Waals surface area contributed by atoms with Crippen LogP contribution in [0.15, 0.2) is 35.2 Å². The lowest BCUT2D eigenvalue weighted by molar-refractivity contribution is -0.125. The molecule has 0 radical (unpaired) electrons. The number of carbonyl (C=O) groups is 3. The number of hydrogen-bond acceptors (Lipinski definition) is 6. The van der Waals surface area contributed by atoms with Gasteiger partial charge < -0.3 is 10.1 Å². The normalized spacial score (nSPS) is 20.4. The van der Waals surface area contributed by atoms with Crippen molar-refractivity contribution in [1.29, 1.82) is 0 Å². The topological polar surface area (TPSA) is 79.0 Å². The molecule has 1 aromatic carbocycles. The molecule has 0 aliphatic carbocycles. The smallest absolute Gasteiger partial charge is 0.294 e. The van der Waals surface area contributed by atoms with E-state index in [0.29, 0.717) is 32.0 Å². The van der Waals surface area contributed by atoms with Crippen LogP contribution >= 0.6 is 11.8 Å². The first kappa shape index (κ1) is 17.7. The second-order valence-electron chi connectivity index (χ2n) is 5.84. The number of rotatable bonds is 4. The van der Waals surface area contributed by atoms with Crippen LogP contribution in [0.25, 0.3) is 0 Å². The Morgan fingerprint density at radius 3 is 2.60 bits per heavy atom. The minimum atomic E-state index is -0.430. The van der Waals surface area contributed by atoms with Crippen LogP contribution in [0.3, 0.4) is 0 Å². The molecule has 25 heavy (non-hydrogen) atoms. The van der Waals surface area contributed by atoms with E-state index in [9.17, 15) is 14.4 Å². The van der Waals surface area contributed by atoms with Crippen molar-refractivity contribution < 1.29 is 19.1 Å². The molecule has 1 N–H and O–H groups in total. The van der Waals surface area contributed by atoms with Crippen LogP contribution in [0.2, 0.25) is 0 Å². The number of imide groups is 1. The SMILES string of the molecule is Cc1ccc(NC(=O)C=C2SC(=O)N(CN3CCOCC3)C2=O)cc1. The number of hydrogen-bond donors (Lipinski definition) is 1. The highest BCUT2D eigenvalue weighted by Gasteiger charge is 2.36. The Labute approximate surface area is 150 Å². The molecule has 0 saturated carbocycles. The molecule has 2 fully saturated rings. The standard InChI is InChI=1S/C17H19N3O4S/c1-12-2-4-13(5-3-12)18-15(21)10-14-16(22)20(17(23)25-14)11-19-6-8-24-9-7-19/h2-5,10H,6-9,11H2,1H3,(H,18,21). The van der Waals surface area contributed by atoms with Crippen molar-refractivity contribution in [2.24, 2.45) is 0 Å². The minimum absolute atomic E-state index is 0.142. The van der Waals surface area contributed by atoms with Crippen LogP contribution in [0.5, 0.6) is 0 Å². The molecule has 3 amide bonds. The maximum atomic E-state index is 12.4. The van der Waals surface area contributed by atoms with E-state index in [1.165, 1.54) is 11.0 Å². The number of ether oxygens (including phenoxy) is 1. The van der Waals surface area contributed by atoms with Gasteiger partial charge in [-0.2, -0.15) is 0 Å². The van der Waals surface area contributed by atoms with Gasteiger partial charge in [0.2, 0.25) is 5.91 Å². The maximum absolute atomic E-state index is 12.4. The molecule has 0 atom stereocenters. The van der Waals surface area contributed by atoms with Gasteiger partial charge in [-0.1, -0.05) is 17.7 Å². The fourth-order valence-electron chi connectivity index (χ4n) is 2.50. The van der Waals surface area contributed by atoms with Crippen LogP contribution in [-0.4, -0.2) is 59.8 Å². The van der Waals surface area contributed by atoms with Crippen LogP contribution in [0.4, 0.5) is 10.5 Å². The molecule has 0 unspecified atom stereocenters. The Morgan fingerprint density at radius 2 is 1.92 bits per heavy atom. The summed E-state index contributed by atoms with van der Waals surface area (Å²) in [5.74, 6) is -0.860. The maximum Gasteiger partial charge on any atom is 0.294 e. The summed E-state index contributed by atoms with van der Waals surface area (Å²) in [5.41, 5.74) is 1.72. The molecule has 2 aliphatic heterocycles. The summed E-state index contributed by atoms with van der Waals surface area (Å²) in [6.45, 7) is 4.71. The van der Waals surface area contributed by atoms with Crippen molar-refractivity contribution in [3.8, 4) is 0 Å². The largest absolute Gasteiger partial charge is 0.379 e. The molecule has 0 bridgehead atoms. The first-order valence-corrected chi connectivity index (χ1v) is 8.78. The number of morpholine rings is 1. The monoisotopic (exact) mass is 361 g/mol. The third-order valence-corrected chi connectivity index (χ3v) is 4.81. The Bertz CT molecular complexity index is 711. The molecule has 0 spiro atoms. The quantitative estimate of drug-likeness (QED) is 0.824. The summed E-state index contributed by atoms with van der Waals surface area (Å²) >= 11 is 0.791. The molecule has 3 rings (SSSR count). The van der Waals surface area contributed by atoms with Gasteiger partial charge in [-0.3, -0.25) is 24.2 Å². The van der Waals surface area contributed by atoms with Crippen molar-refractivity contribution in [2.45, 2.75) is 6.92 Å². The van der Waals surface area contributed by atoms with E-state index >= 15 is 0 Å².